The highest BCUT2D eigenvalue weighted by atomic mass is 15.3. The maximum Gasteiger partial charge on any atom is 0.229 e. The van der Waals surface area contributed by atoms with Crippen molar-refractivity contribution in [3.05, 3.63) is 0 Å². The number of nitrogens with zero attached hydrogens (tertiary/aromatic N) is 3. The highest BCUT2D eigenvalue weighted by molar-refractivity contribution is 5.42. The normalized spacial score (nSPS) is 11.0. The Bertz CT molecular complexity index is 463. The summed E-state index contributed by atoms with van der Waals surface area (Å²) in [5, 5.41) is 10.3. The van der Waals surface area contributed by atoms with Crippen LogP contribution in [-0.4, -0.2) is 34.6 Å². The zero-order chi connectivity index (χ0) is 23.8. The molecule has 0 radical (unpaired) electrons. The van der Waals surface area contributed by atoms with Crippen LogP contribution in [0.2, 0.25) is 0 Å². The van der Waals surface area contributed by atoms with Crippen LogP contribution >= 0.6 is 0 Å². The molecule has 0 spiro atoms. The average molecular weight is 463 g/mol. The summed E-state index contributed by atoms with van der Waals surface area (Å²) >= 11 is 0. The molecule has 0 saturated heterocycles. The molecule has 0 amide bonds. The van der Waals surface area contributed by atoms with Crippen LogP contribution in [0.5, 0.6) is 0 Å². The van der Waals surface area contributed by atoms with E-state index < -0.39 is 0 Å². The lowest BCUT2D eigenvalue weighted by atomic mass is 10.1. The molecule has 3 N–H and O–H groups in total. The highest BCUT2D eigenvalue weighted by Crippen LogP contribution is 2.12. The molecule has 6 nitrogen and oxygen atoms in total. The Kier molecular flexibility index (Phi) is 19.8. The van der Waals surface area contributed by atoms with E-state index in [1.165, 1.54) is 96.3 Å². The van der Waals surface area contributed by atoms with Crippen molar-refractivity contribution in [3.8, 4) is 0 Å². The van der Waals surface area contributed by atoms with Gasteiger partial charge in [-0.3, -0.25) is 0 Å². The van der Waals surface area contributed by atoms with Crippen LogP contribution < -0.4 is 16.0 Å². The first-order valence-electron chi connectivity index (χ1n) is 14.3. The van der Waals surface area contributed by atoms with Gasteiger partial charge in [-0.05, 0) is 19.3 Å². The lowest BCUT2D eigenvalue weighted by Crippen LogP contribution is -2.14. The Hall–Kier alpha value is -1.59. The van der Waals surface area contributed by atoms with Gasteiger partial charge in [0.25, 0.3) is 0 Å². The molecule has 6 heteroatoms. The quantitative estimate of drug-likeness (QED) is 0.134. The zero-order valence-corrected chi connectivity index (χ0v) is 22.2. The van der Waals surface area contributed by atoms with Gasteiger partial charge in [0.15, 0.2) is 0 Å². The Balaban J connectivity index is 2.44. The van der Waals surface area contributed by atoms with Gasteiger partial charge in [0, 0.05) is 19.6 Å². The molecule has 1 heterocycles. The van der Waals surface area contributed by atoms with Gasteiger partial charge in [-0.25, -0.2) is 0 Å². The van der Waals surface area contributed by atoms with E-state index in [4.69, 9.17) is 0 Å². The summed E-state index contributed by atoms with van der Waals surface area (Å²) in [7, 11) is 0. The monoisotopic (exact) mass is 462 g/mol. The Morgan fingerprint density at radius 2 is 0.606 bits per heavy atom. The maximum absolute atomic E-state index is 4.62. The predicted molar refractivity (Wildman–Crippen MR) is 145 cm³/mol. The van der Waals surface area contributed by atoms with Crippen molar-refractivity contribution in [2.24, 2.45) is 0 Å². The third-order valence-corrected chi connectivity index (χ3v) is 6.08. The van der Waals surface area contributed by atoms with E-state index in [1.54, 1.807) is 0 Å². The lowest BCUT2D eigenvalue weighted by Gasteiger charge is -2.11. The van der Waals surface area contributed by atoms with Gasteiger partial charge in [-0.15, -0.1) is 0 Å². The summed E-state index contributed by atoms with van der Waals surface area (Å²) in [6.07, 6.45) is 23.2. The third kappa shape index (κ3) is 17.5. The van der Waals surface area contributed by atoms with Crippen molar-refractivity contribution in [2.75, 3.05) is 35.6 Å². The van der Waals surface area contributed by atoms with Gasteiger partial charge in [-0.2, -0.15) is 15.0 Å². The predicted octanol–water partition coefficient (Wildman–Crippen LogP) is 8.19. The third-order valence-electron chi connectivity index (χ3n) is 6.08. The first kappa shape index (κ1) is 29.4. The second kappa shape index (κ2) is 22.2. The number of hydrogen-bond donors (Lipinski definition) is 3. The molecule has 0 aliphatic carbocycles. The maximum atomic E-state index is 4.62. The fourth-order valence-corrected chi connectivity index (χ4v) is 3.93. The lowest BCUT2D eigenvalue weighted by molar-refractivity contribution is 0.614. The summed E-state index contributed by atoms with van der Waals surface area (Å²) in [5.74, 6) is 2.07. The van der Waals surface area contributed by atoms with Crippen molar-refractivity contribution in [2.45, 2.75) is 136 Å². The Morgan fingerprint density at radius 1 is 0.364 bits per heavy atom. The Morgan fingerprint density at radius 3 is 0.879 bits per heavy atom. The van der Waals surface area contributed by atoms with Crippen LogP contribution in [0.15, 0.2) is 0 Å². The summed E-state index contributed by atoms with van der Waals surface area (Å²) in [6, 6.07) is 0. The first-order chi connectivity index (χ1) is 16.3. The standard InChI is InChI=1S/C27H54N6/c1-4-7-10-13-16-19-22-28-25-31-26(29-23-20-17-14-11-8-5-2)33-27(32-25)30-24-21-18-15-12-9-6-3/h4-24H2,1-3H3,(H3,28,29,30,31,32,33). The summed E-state index contributed by atoms with van der Waals surface area (Å²) < 4.78 is 0. The molecule has 0 aliphatic heterocycles. The fourth-order valence-electron chi connectivity index (χ4n) is 3.93. The van der Waals surface area contributed by atoms with Gasteiger partial charge in [0.2, 0.25) is 17.8 Å². The van der Waals surface area contributed by atoms with Crippen molar-refractivity contribution < 1.29 is 0 Å². The highest BCUT2D eigenvalue weighted by Gasteiger charge is 2.06. The largest absolute Gasteiger partial charge is 0.354 e. The van der Waals surface area contributed by atoms with Gasteiger partial charge >= 0.3 is 0 Å². The van der Waals surface area contributed by atoms with Crippen LogP contribution in [0.4, 0.5) is 17.8 Å². The molecule has 0 aromatic carbocycles. The molecule has 192 valence electrons. The topological polar surface area (TPSA) is 74.8 Å². The van der Waals surface area contributed by atoms with Gasteiger partial charge in [-0.1, -0.05) is 117 Å². The fraction of sp³-hybridized carbons (Fsp3) is 0.889. The molecular weight excluding hydrogens is 408 g/mol. The van der Waals surface area contributed by atoms with Crippen LogP contribution in [-0.2, 0) is 0 Å². The molecule has 1 aromatic heterocycles. The molecule has 0 aliphatic rings. The van der Waals surface area contributed by atoms with Gasteiger partial charge in [0.05, 0.1) is 0 Å². The summed E-state index contributed by atoms with van der Waals surface area (Å²) in [5.41, 5.74) is 0. The molecule has 1 rings (SSSR count). The minimum absolute atomic E-state index is 0.689. The van der Waals surface area contributed by atoms with E-state index in [-0.39, 0.29) is 0 Å². The van der Waals surface area contributed by atoms with Crippen LogP contribution in [0.3, 0.4) is 0 Å². The van der Waals surface area contributed by atoms with Crippen LogP contribution in [0.25, 0.3) is 0 Å². The van der Waals surface area contributed by atoms with Crippen molar-refractivity contribution >= 4 is 17.8 Å². The van der Waals surface area contributed by atoms with Crippen molar-refractivity contribution in [1.29, 1.82) is 0 Å². The number of unbranched alkanes of at least 4 members (excludes halogenated alkanes) is 15. The molecule has 0 saturated carbocycles. The van der Waals surface area contributed by atoms with E-state index in [9.17, 15) is 0 Å². The van der Waals surface area contributed by atoms with Gasteiger partial charge < -0.3 is 16.0 Å². The molecule has 0 fully saturated rings. The van der Waals surface area contributed by atoms with E-state index in [2.05, 4.69) is 51.7 Å². The number of hydrogen-bond acceptors (Lipinski definition) is 6. The van der Waals surface area contributed by atoms with E-state index in [0.717, 1.165) is 38.9 Å². The van der Waals surface area contributed by atoms with Crippen LogP contribution in [0, 0.1) is 0 Å². The molecular formula is C27H54N6. The minimum Gasteiger partial charge on any atom is -0.354 e. The molecule has 0 atom stereocenters. The Labute approximate surface area is 204 Å². The van der Waals surface area contributed by atoms with E-state index in [0.29, 0.717) is 17.8 Å². The van der Waals surface area contributed by atoms with E-state index in [1.807, 2.05) is 0 Å². The smallest absolute Gasteiger partial charge is 0.229 e. The van der Waals surface area contributed by atoms with Crippen molar-refractivity contribution in [3.63, 3.8) is 0 Å². The molecule has 0 unspecified atom stereocenters. The van der Waals surface area contributed by atoms with Crippen LogP contribution in [0.1, 0.15) is 136 Å². The second-order valence-electron chi connectivity index (χ2n) is 9.39. The van der Waals surface area contributed by atoms with E-state index >= 15 is 0 Å². The minimum atomic E-state index is 0.689. The molecule has 0 bridgehead atoms. The van der Waals surface area contributed by atoms with Gasteiger partial charge in [0.1, 0.15) is 0 Å². The molecule has 1 aromatic rings. The summed E-state index contributed by atoms with van der Waals surface area (Å²) in [4.78, 5) is 13.9. The van der Waals surface area contributed by atoms with Crippen molar-refractivity contribution in [1.82, 2.24) is 15.0 Å². The second-order valence-corrected chi connectivity index (χ2v) is 9.39. The number of aromatic nitrogens is 3. The zero-order valence-electron chi connectivity index (χ0n) is 22.2. The molecule has 33 heavy (non-hydrogen) atoms. The number of anilines is 3. The number of nitrogens with one attached hydrogen (secondary N) is 3. The number of rotatable bonds is 24. The first-order valence-corrected chi connectivity index (χ1v) is 14.3. The summed E-state index contributed by atoms with van der Waals surface area (Å²) in [6.45, 7) is 9.55. The average Bonchev–Trinajstić information content (AvgIpc) is 2.82. The SMILES string of the molecule is CCCCCCCCNc1nc(NCCCCCCCC)nc(NCCCCCCCC)n1.